The van der Waals surface area contributed by atoms with Crippen LogP contribution in [0.3, 0.4) is 0 Å². The SMILES string of the molecule is CCOC(=O)CCNC(CC)c1ccccc1O. The predicted octanol–water partition coefficient (Wildman–Crippen LogP) is 2.39. The average Bonchev–Trinajstić information content (AvgIpc) is 2.36. The van der Waals surface area contributed by atoms with Crippen LogP contribution >= 0.6 is 0 Å². The number of rotatable bonds is 7. The van der Waals surface area contributed by atoms with Crippen LogP contribution in [0.5, 0.6) is 5.75 Å². The number of carbonyl (C=O) groups is 1. The quantitative estimate of drug-likeness (QED) is 0.730. The van der Waals surface area contributed by atoms with Gasteiger partial charge in [0.25, 0.3) is 0 Å². The second-order valence-electron chi connectivity index (χ2n) is 4.03. The lowest BCUT2D eigenvalue weighted by Crippen LogP contribution is -2.24. The molecule has 2 N–H and O–H groups in total. The van der Waals surface area contributed by atoms with Crippen molar-refractivity contribution in [3.8, 4) is 5.75 Å². The summed E-state index contributed by atoms with van der Waals surface area (Å²) in [5.74, 6) is 0.0881. The second-order valence-corrected chi connectivity index (χ2v) is 4.03. The molecule has 1 rings (SSSR count). The van der Waals surface area contributed by atoms with Gasteiger partial charge in [0.1, 0.15) is 5.75 Å². The van der Waals surface area contributed by atoms with Crippen molar-refractivity contribution in [2.75, 3.05) is 13.2 Å². The number of ether oxygens (including phenoxy) is 1. The fourth-order valence-electron chi connectivity index (χ4n) is 1.84. The van der Waals surface area contributed by atoms with Crippen LogP contribution < -0.4 is 5.32 Å². The number of hydrogen-bond donors (Lipinski definition) is 2. The van der Waals surface area contributed by atoms with Crippen molar-refractivity contribution >= 4 is 5.97 Å². The molecule has 0 aromatic heterocycles. The van der Waals surface area contributed by atoms with Gasteiger partial charge < -0.3 is 15.2 Å². The molecule has 0 fully saturated rings. The van der Waals surface area contributed by atoms with Crippen molar-refractivity contribution in [3.05, 3.63) is 29.8 Å². The maximum absolute atomic E-state index is 11.2. The third-order valence-corrected chi connectivity index (χ3v) is 2.75. The molecule has 0 aliphatic rings. The van der Waals surface area contributed by atoms with Crippen molar-refractivity contribution in [1.29, 1.82) is 0 Å². The molecule has 1 atom stereocenters. The van der Waals surface area contributed by atoms with Crippen LogP contribution in [0.4, 0.5) is 0 Å². The van der Waals surface area contributed by atoms with Gasteiger partial charge in [-0.05, 0) is 19.4 Å². The highest BCUT2D eigenvalue weighted by molar-refractivity contribution is 5.69. The maximum atomic E-state index is 11.2. The highest BCUT2D eigenvalue weighted by Crippen LogP contribution is 2.25. The Morgan fingerprint density at radius 3 is 2.72 bits per heavy atom. The van der Waals surface area contributed by atoms with E-state index >= 15 is 0 Å². The summed E-state index contributed by atoms with van der Waals surface area (Å²) in [6.07, 6.45) is 1.19. The average molecular weight is 251 g/mol. The number of carbonyl (C=O) groups excluding carboxylic acids is 1. The molecule has 0 aliphatic heterocycles. The molecule has 100 valence electrons. The molecular weight excluding hydrogens is 230 g/mol. The van der Waals surface area contributed by atoms with E-state index in [0.717, 1.165) is 12.0 Å². The third kappa shape index (κ3) is 4.37. The van der Waals surface area contributed by atoms with Gasteiger partial charge in [0.2, 0.25) is 0 Å². The van der Waals surface area contributed by atoms with Crippen molar-refractivity contribution in [1.82, 2.24) is 5.32 Å². The number of phenolic OH excluding ortho intramolecular Hbond substituents is 1. The van der Waals surface area contributed by atoms with E-state index in [1.165, 1.54) is 0 Å². The highest BCUT2D eigenvalue weighted by atomic mass is 16.5. The van der Waals surface area contributed by atoms with E-state index in [4.69, 9.17) is 4.74 Å². The fraction of sp³-hybridized carbons (Fsp3) is 0.500. The van der Waals surface area contributed by atoms with E-state index in [1.54, 1.807) is 19.1 Å². The summed E-state index contributed by atoms with van der Waals surface area (Å²) in [5, 5.41) is 13.0. The standard InChI is InChI=1S/C14H21NO3/c1-3-12(11-7-5-6-8-13(11)16)15-10-9-14(17)18-4-2/h5-8,12,15-16H,3-4,9-10H2,1-2H3. The van der Waals surface area contributed by atoms with Crippen molar-refractivity contribution < 1.29 is 14.6 Å². The number of benzene rings is 1. The molecule has 1 aromatic rings. The van der Waals surface area contributed by atoms with E-state index in [2.05, 4.69) is 5.32 Å². The summed E-state index contributed by atoms with van der Waals surface area (Å²) in [4.78, 5) is 11.2. The Hall–Kier alpha value is -1.55. The van der Waals surface area contributed by atoms with Crippen LogP contribution in [0.1, 0.15) is 38.3 Å². The molecule has 4 heteroatoms. The van der Waals surface area contributed by atoms with Gasteiger partial charge in [0, 0.05) is 18.2 Å². The molecule has 0 aliphatic carbocycles. The van der Waals surface area contributed by atoms with E-state index in [0.29, 0.717) is 19.6 Å². The summed E-state index contributed by atoms with van der Waals surface area (Å²) < 4.78 is 4.86. The molecule has 1 aromatic carbocycles. The normalized spacial score (nSPS) is 12.1. The molecule has 0 saturated carbocycles. The number of para-hydroxylation sites is 1. The van der Waals surface area contributed by atoms with Gasteiger partial charge in [0.15, 0.2) is 0 Å². The molecule has 1 unspecified atom stereocenters. The summed E-state index contributed by atoms with van der Waals surface area (Å²) in [6, 6.07) is 7.31. The van der Waals surface area contributed by atoms with Crippen LogP contribution in [0.25, 0.3) is 0 Å². The monoisotopic (exact) mass is 251 g/mol. The summed E-state index contributed by atoms with van der Waals surface area (Å²) in [7, 11) is 0. The van der Waals surface area contributed by atoms with Crippen LogP contribution in [-0.2, 0) is 9.53 Å². The van der Waals surface area contributed by atoms with Gasteiger partial charge in [-0.25, -0.2) is 0 Å². The Morgan fingerprint density at radius 2 is 2.11 bits per heavy atom. The molecule has 0 amide bonds. The van der Waals surface area contributed by atoms with Gasteiger partial charge in [-0.15, -0.1) is 0 Å². The zero-order chi connectivity index (χ0) is 13.4. The molecule has 0 saturated heterocycles. The minimum atomic E-state index is -0.197. The number of nitrogens with one attached hydrogen (secondary N) is 1. The lowest BCUT2D eigenvalue weighted by Gasteiger charge is -2.18. The van der Waals surface area contributed by atoms with Crippen LogP contribution in [0, 0.1) is 0 Å². The summed E-state index contributed by atoms with van der Waals surface area (Å²) >= 11 is 0. The number of hydrogen-bond acceptors (Lipinski definition) is 4. The van der Waals surface area contributed by atoms with E-state index in [-0.39, 0.29) is 17.8 Å². The summed E-state index contributed by atoms with van der Waals surface area (Å²) in [6.45, 7) is 4.79. The van der Waals surface area contributed by atoms with E-state index in [9.17, 15) is 9.90 Å². The van der Waals surface area contributed by atoms with E-state index in [1.807, 2.05) is 19.1 Å². The Labute approximate surface area is 108 Å². The predicted molar refractivity (Wildman–Crippen MR) is 70.4 cm³/mol. The van der Waals surface area contributed by atoms with Crippen molar-refractivity contribution in [2.45, 2.75) is 32.7 Å². The van der Waals surface area contributed by atoms with Gasteiger partial charge in [-0.1, -0.05) is 25.1 Å². The first-order valence-electron chi connectivity index (χ1n) is 6.35. The topological polar surface area (TPSA) is 58.6 Å². The van der Waals surface area contributed by atoms with Gasteiger partial charge in [-0.2, -0.15) is 0 Å². The molecule has 0 radical (unpaired) electrons. The largest absolute Gasteiger partial charge is 0.508 e. The van der Waals surface area contributed by atoms with Crippen LogP contribution in [-0.4, -0.2) is 24.2 Å². The Morgan fingerprint density at radius 1 is 1.39 bits per heavy atom. The Balaban J connectivity index is 2.48. The maximum Gasteiger partial charge on any atom is 0.307 e. The molecule has 0 spiro atoms. The number of aromatic hydroxyl groups is 1. The van der Waals surface area contributed by atoms with Crippen LogP contribution in [0.2, 0.25) is 0 Å². The van der Waals surface area contributed by atoms with Crippen molar-refractivity contribution in [3.63, 3.8) is 0 Å². The highest BCUT2D eigenvalue weighted by Gasteiger charge is 2.12. The zero-order valence-electron chi connectivity index (χ0n) is 11.0. The first-order valence-corrected chi connectivity index (χ1v) is 6.35. The third-order valence-electron chi connectivity index (χ3n) is 2.75. The number of esters is 1. The Kier molecular flexibility index (Phi) is 6.22. The number of phenols is 1. The molecule has 0 heterocycles. The zero-order valence-corrected chi connectivity index (χ0v) is 11.0. The fourth-order valence-corrected chi connectivity index (χ4v) is 1.84. The van der Waals surface area contributed by atoms with Gasteiger partial charge in [0.05, 0.1) is 13.0 Å². The summed E-state index contributed by atoms with van der Waals surface area (Å²) in [5.41, 5.74) is 0.865. The minimum absolute atomic E-state index is 0.0561. The van der Waals surface area contributed by atoms with Crippen molar-refractivity contribution in [2.24, 2.45) is 0 Å². The molecule has 4 nitrogen and oxygen atoms in total. The van der Waals surface area contributed by atoms with Gasteiger partial charge >= 0.3 is 5.97 Å². The molecular formula is C14H21NO3. The van der Waals surface area contributed by atoms with Gasteiger partial charge in [-0.3, -0.25) is 4.79 Å². The lowest BCUT2D eigenvalue weighted by molar-refractivity contribution is -0.143. The lowest BCUT2D eigenvalue weighted by atomic mass is 10.0. The Bertz CT molecular complexity index is 379. The molecule has 0 bridgehead atoms. The first-order chi connectivity index (χ1) is 8.69. The second kappa shape index (κ2) is 7.71. The first kappa shape index (κ1) is 14.5. The van der Waals surface area contributed by atoms with Crippen LogP contribution in [0.15, 0.2) is 24.3 Å². The van der Waals surface area contributed by atoms with E-state index < -0.39 is 0 Å². The smallest absolute Gasteiger partial charge is 0.307 e. The minimum Gasteiger partial charge on any atom is -0.508 e. The molecule has 18 heavy (non-hydrogen) atoms.